The van der Waals surface area contributed by atoms with E-state index in [9.17, 15) is 0 Å². The molecule has 11 heavy (non-hydrogen) atoms. The van der Waals surface area contributed by atoms with Gasteiger partial charge in [-0.15, -0.1) is 0 Å². The smallest absolute Gasteiger partial charge is 0.0880 e. The van der Waals surface area contributed by atoms with Crippen molar-refractivity contribution in [2.75, 3.05) is 7.11 Å². The number of hydrogen-bond acceptors (Lipinski definition) is 2. The first-order chi connectivity index (χ1) is 5.20. The van der Waals surface area contributed by atoms with Crippen LogP contribution in [0.25, 0.3) is 0 Å². The van der Waals surface area contributed by atoms with Gasteiger partial charge in [-0.25, -0.2) is 0 Å². The molecule has 1 saturated heterocycles. The van der Waals surface area contributed by atoms with Gasteiger partial charge in [0.05, 0.1) is 18.3 Å². The molecule has 1 heterocycles. The zero-order valence-corrected chi connectivity index (χ0v) is 7.83. The van der Waals surface area contributed by atoms with Gasteiger partial charge in [0.15, 0.2) is 0 Å². The standard InChI is InChI=1S/C9H18O2/c1-5-8-6(2)9(10-4)7(3)11-8/h6-9H,5H2,1-4H3/t6-,7-,8+,9?/m0/s1. The number of hydrogen-bond donors (Lipinski definition) is 0. The Kier molecular flexibility index (Phi) is 2.90. The molecule has 0 saturated carbocycles. The van der Waals surface area contributed by atoms with Crippen molar-refractivity contribution in [1.29, 1.82) is 0 Å². The molecule has 66 valence electrons. The predicted molar refractivity (Wildman–Crippen MR) is 44.6 cm³/mol. The quantitative estimate of drug-likeness (QED) is 0.610. The third-order valence-corrected chi connectivity index (χ3v) is 2.63. The van der Waals surface area contributed by atoms with E-state index in [1.54, 1.807) is 7.11 Å². The van der Waals surface area contributed by atoms with Crippen molar-refractivity contribution in [1.82, 2.24) is 0 Å². The Bertz CT molecular complexity index is 125. The third-order valence-electron chi connectivity index (χ3n) is 2.63. The highest BCUT2D eigenvalue weighted by Crippen LogP contribution is 2.30. The van der Waals surface area contributed by atoms with E-state index in [1.165, 1.54) is 0 Å². The Hall–Kier alpha value is -0.0800. The van der Waals surface area contributed by atoms with Crippen LogP contribution in [-0.4, -0.2) is 25.4 Å². The lowest BCUT2D eigenvalue weighted by Gasteiger charge is -2.16. The minimum absolute atomic E-state index is 0.264. The number of ether oxygens (including phenoxy) is 2. The minimum atomic E-state index is 0.264. The molecule has 1 fully saturated rings. The Morgan fingerprint density at radius 3 is 2.27 bits per heavy atom. The van der Waals surface area contributed by atoms with Crippen LogP contribution in [0.5, 0.6) is 0 Å². The molecule has 4 atom stereocenters. The van der Waals surface area contributed by atoms with Gasteiger partial charge in [-0.2, -0.15) is 0 Å². The van der Waals surface area contributed by atoms with Gasteiger partial charge in [-0.05, 0) is 13.3 Å². The molecule has 1 unspecified atom stereocenters. The van der Waals surface area contributed by atoms with Crippen LogP contribution in [0.2, 0.25) is 0 Å². The SMILES string of the molecule is CC[C@H]1O[C@@H](C)C(OC)[C@H]1C. The van der Waals surface area contributed by atoms with E-state index in [2.05, 4.69) is 20.8 Å². The largest absolute Gasteiger partial charge is 0.378 e. The molecule has 1 rings (SSSR count). The van der Waals surface area contributed by atoms with Gasteiger partial charge in [0.1, 0.15) is 0 Å². The number of methoxy groups -OCH3 is 1. The van der Waals surface area contributed by atoms with Crippen LogP contribution in [0.15, 0.2) is 0 Å². The fraction of sp³-hybridized carbons (Fsp3) is 1.00. The highest BCUT2D eigenvalue weighted by Gasteiger charge is 2.38. The molecule has 0 aliphatic carbocycles. The van der Waals surface area contributed by atoms with Crippen LogP contribution >= 0.6 is 0 Å². The van der Waals surface area contributed by atoms with E-state index in [0.29, 0.717) is 18.1 Å². The predicted octanol–water partition coefficient (Wildman–Crippen LogP) is 1.83. The molecule has 0 bridgehead atoms. The lowest BCUT2D eigenvalue weighted by Crippen LogP contribution is -2.25. The van der Waals surface area contributed by atoms with Crippen molar-refractivity contribution in [3.8, 4) is 0 Å². The van der Waals surface area contributed by atoms with Gasteiger partial charge in [0.2, 0.25) is 0 Å². The second kappa shape index (κ2) is 3.55. The Labute approximate surface area is 68.9 Å². The maximum absolute atomic E-state index is 5.70. The first kappa shape index (κ1) is 9.01. The van der Waals surface area contributed by atoms with Crippen LogP contribution in [0.1, 0.15) is 27.2 Å². The molecule has 0 amide bonds. The Morgan fingerprint density at radius 1 is 1.36 bits per heavy atom. The van der Waals surface area contributed by atoms with Crippen molar-refractivity contribution in [2.24, 2.45) is 5.92 Å². The summed E-state index contributed by atoms with van der Waals surface area (Å²) >= 11 is 0. The molecular weight excluding hydrogens is 140 g/mol. The van der Waals surface area contributed by atoms with Gasteiger partial charge in [-0.3, -0.25) is 0 Å². The summed E-state index contributed by atoms with van der Waals surface area (Å²) in [5.74, 6) is 0.542. The van der Waals surface area contributed by atoms with Crippen LogP contribution in [0.4, 0.5) is 0 Å². The maximum atomic E-state index is 5.70. The Balaban J connectivity index is 2.55. The highest BCUT2D eigenvalue weighted by molar-refractivity contribution is 4.85. The van der Waals surface area contributed by atoms with Crippen molar-refractivity contribution < 1.29 is 9.47 Å². The fourth-order valence-corrected chi connectivity index (χ4v) is 1.99. The molecular formula is C9H18O2. The van der Waals surface area contributed by atoms with E-state index in [0.717, 1.165) is 6.42 Å². The average molecular weight is 158 g/mol. The highest BCUT2D eigenvalue weighted by atomic mass is 16.6. The number of rotatable bonds is 2. The molecule has 1 aliphatic heterocycles. The lowest BCUT2D eigenvalue weighted by molar-refractivity contribution is 0.00489. The minimum Gasteiger partial charge on any atom is -0.378 e. The molecule has 0 N–H and O–H groups in total. The summed E-state index contributed by atoms with van der Waals surface area (Å²) in [6.45, 7) is 6.44. The maximum Gasteiger partial charge on any atom is 0.0880 e. The van der Waals surface area contributed by atoms with Crippen LogP contribution in [0.3, 0.4) is 0 Å². The molecule has 2 heteroatoms. The van der Waals surface area contributed by atoms with Crippen LogP contribution in [-0.2, 0) is 9.47 Å². The van der Waals surface area contributed by atoms with Crippen LogP contribution in [0, 0.1) is 5.92 Å². The molecule has 0 aromatic heterocycles. The summed E-state index contributed by atoms with van der Waals surface area (Å²) in [4.78, 5) is 0. The molecule has 0 aromatic carbocycles. The van der Waals surface area contributed by atoms with E-state index in [1.807, 2.05) is 0 Å². The fourth-order valence-electron chi connectivity index (χ4n) is 1.99. The first-order valence-corrected chi connectivity index (χ1v) is 4.39. The lowest BCUT2D eigenvalue weighted by atomic mass is 9.97. The van der Waals surface area contributed by atoms with Gasteiger partial charge in [0.25, 0.3) is 0 Å². The van der Waals surface area contributed by atoms with Crippen molar-refractivity contribution in [2.45, 2.75) is 45.5 Å². The summed E-state index contributed by atoms with van der Waals surface area (Å²) in [6, 6.07) is 0. The summed E-state index contributed by atoms with van der Waals surface area (Å²) in [6.07, 6.45) is 2.04. The monoisotopic (exact) mass is 158 g/mol. The zero-order valence-electron chi connectivity index (χ0n) is 7.83. The van der Waals surface area contributed by atoms with E-state index >= 15 is 0 Å². The molecule has 0 aromatic rings. The summed E-state index contributed by atoms with van der Waals surface area (Å²) in [5, 5.41) is 0. The second-order valence-electron chi connectivity index (χ2n) is 3.35. The normalized spacial score (nSPS) is 44.7. The third kappa shape index (κ3) is 1.57. The Morgan fingerprint density at radius 2 is 2.00 bits per heavy atom. The van der Waals surface area contributed by atoms with E-state index in [4.69, 9.17) is 9.47 Å². The van der Waals surface area contributed by atoms with Crippen molar-refractivity contribution in [3.05, 3.63) is 0 Å². The van der Waals surface area contributed by atoms with Gasteiger partial charge < -0.3 is 9.47 Å². The molecule has 2 nitrogen and oxygen atoms in total. The second-order valence-corrected chi connectivity index (χ2v) is 3.35. The van der Waals surface area contributed by atoms with Gasteiger partial charge in [-0.1, -0.05) is 13.8 Å². The topological polar surface area (TPSA) is 18.5 Å². The van der Waals surface area contributed by atoms with Crippen molar-refractivity contribution in [3.63, 3.8) is 0 Å². The molecule has 0 spiro atoms. The van der Waals surface area contributed by atoms with Gasteiger partial charge >= 0.3 is 0 Å². The molecule has 1 aliphatic rings. The average Bonchev–Trinajstić information content (AvgIpc) is 2.26. The first-order valence-electron chi connectivity index (χ1n) is 4.39. The summed E-state index contributed by atoms with van der Waals surface area (Å²) in [5.41, 5.74) is 0. The summed E-state index contributed by atoms with van der Waals surface area (Å²) in [7, 11) is 1.76. The van der Waals surface area contributed by atoms with Gasteiger partial charge in [0, 0.05) is 13.0 Å². The zero-order chi connectivity index (χ0) is 8.43. The van der Waals surface area contributed by atoms with Crippen LogP contribution < -0.4 is 0 Å². The molecule has 0 radical (unpaired) electrons. The van der Waals surface area contributed by atoms with E-state index < -0.39 is 0 Å². The summed E-state index contributed by atoms with van der Waals surface area (Å²) < 4.78 is 11.0. The van der Waals surface area contributed by atoms with E-state index in [-0.39, 0.29) is 6.10 Å². The van der Waals surface area contributed by atoms with Crippen molar-refractivity contribution >= 4 is 0 Å².